The van der Waals surface area contributed by atoms with Gasteiger partial charge in [0.15, 0.2) is 0 Å². The molecule has 0 amide bonds. The van der Waals surface area contributed by atoms with E-state index < -0.39 is 0 Å². The molecular formula is C16H24. The molecule has 0 nitrogen and oxygen atoms in total. The molecule has 0 N–H and O–H groups in total. The van der Waals surface area contributed by atoms with E-state index in [0.29, 0.717) is 0 Å². The molecule has 1 aromatic rings. The number of hydrogen-bond donors (Lipinski definition) is 0. The first-order valence-electron chi connectivity index (χ1n) is 6.65. The Hall–Kier alpha value is -0.780. The molecule has 1 saturated carbocycles. The van der Waals surface area contributed by atoms with Crippen molar-refractivity contribution >= 4 is 0 Å². The zero-order chi connectivity index (χ0) is 11.7. The highest BCUT2D eigenvalue weighted by atomic mass is 14.3. The number of benzene rings is 1. The molecule has 0 radical (unpaired) electrons. The van der Waals surface area contributed by atoms with Gasteiger partial charge in [-0.25, -0.2) is 0 Å². The predicted octanol–water partition coefficient (Wildman–Crippen LogP) is 4.84. The van der Waals surface area contributed by atoms with E-state index >= 15 is 0 Å². The Labute approximate surface area is 100 Å². The molecule has 16 heavy (non-hydrogen) atoms. The highest BCUT2D eigenvalue weighted by Gasteiger charge is 2.27. The first kappa shape index (κ1) is 11.7. The van der Waals surface area contributed by atoms with Gasteiger partial charge >= 0.3 is 0 Å². The van der Waals surface area contributed by atoms with Gasteiger partial charge in [0, 0.05) is 0 Å². The Morgan fingerprint density at radius 3 is 2.44 bits per heavy atom. The second-order valence-corrected chi connectivity index (χ2v) is 5.86. The van der Waals surface area contributed by atoms with Crippen LogP contribution in [0.5, 0.6) is 0 Å². The maximum Gasteiger partial charge on any atom is -0.0133 e. The molecule has 0 heteroatoms. The molecule has 0 spiro atoms. The van der Waals surface area contributed by atoms with Gasteiger partial charge in [-0.05, 0) is 55.6 Å². The Bertz CT molecular complexity index is 364. The van der Waals surface area contributed by atoms with E-state index in [2.05, 4.69) is 45.9 Å². The van der Waals surface area contributed by atoms with Crippen LogP contribution in [0, 0.1) is 25.7 Å². The fourth-order valence-corrected chi connectivity index (χ4v) is 3.37. The standard InChI is InChI=1S/C16H24/c1-11-5-7-15(13(3)9-11)16-8-6-12(2)10-14(16)4/h5,7,9,12,14,16H,6,8,10H2,1-4H3. The molecule has 0 heterocycles. The van der Waals surface area contributed by atoms with Crippen LogP contribution in [-0.2, 0) is 0 Å². The van der Waals surface area contributed by atoms with E-state index in [1.165, 1.54) is 30.4 Å². The van der Waals surface area contributed by atoms with Gasteiger partial charge in [0.2, 0.25) is 0 Å². The lowest BCUT2D eigenvalue weighted by Crippen LogP contribution is -2.20. The number of hydrogen-bond acceptors (Lipinski definition) is 0. The molecule has 1 aliphatic carbocycles. The van der Waals surface area contributed by atoms with Crippen LogP contribution in [0.25, 0.3) is 0 Å². The average molecular weight is 216 g/mol. The van der Waals surface area contributed by atoms with E-state index in [-0.39, 0.29) is 0 Å². The molecule has 3 atom stereocenters. The highest BCUT2D eigenvalue weighted by molar-refractivity contribution is 5.33. The summed E-state index contributed by atoms with van der Waals surface area (Å²) in [6, 6.07) is 6.97. The maximum atomic E-state index is 2.43. The molecule has 88 valence electrons. The van der Waals surface area contributed by atoms with Crippen LogP contribution in [0.1, 0.15) is 55.7 Å². The summed E-state index contributed by atoms with van der Waals surface area (Å²) in [4.78, 5) is 0. The fraction of sp³-hybridized carbons (Fsp3) is 0.625. The van der Waals surface area contributed by atoms with Crippen LogP contribution in [-0.4, -0.2) is 0 Å². The Kier molecular flexibility index (Phi) is 3.37. The Balaban J connectivity index is 2.23. The molecule has 1 aromatic carbocycles. The van der Waals surface area contributed by atoms with Gasteiger partial charge in [0.05, 0.1) is 0 Å². The molecule has 0 aliphatic heterocycles. The molecule has 1 fully saturated rings. The van der Waals surface area contributed by atoms with Crippen molar-refractivity contribution in [1.82, 2.24) is 0 Å². The third-order valence-electron chi connectivity index (χ3n) is 4.26. The second-order valence-electron chi connectivity index (χ2n) is 5.86. The minimum atomic E-state index is 0.803. The quantitative estimate of drug-likeness (QED) is 0.630. The lowest BCUT2D eigenvalue weighted by Gasteiger charge is -2.33. The van der Waals surface area contributed by atoms with Gasteiger partial charge in [0.1, 0.15) is 0 Å². The van der Waals surface area contributed by atoms with Crippen LogP contribution in [0.3, 0.4) is 0 Å². The van der Waals surface area contributed by atoms with Crippen molar-refractivity contribution in [3.63, 3.8) is 0 Å². The van der Waals surface area contributed by atoms with E-state index in [1.807, 2.05) is 0 Å². The molecule has 3 unspecified atom stereocenters. The summed E-state index contributed by atoms with van der Waals surface area (Å²) in [5.74, 6) is 2.58. The van der Waals surface area contributed by atoms with Gasteiger partial charge in [-0.2, -0.15) is 0 Å². The third-order valence-corrected chi connectivity index (χ3v) is 4.26. The molecule has 0 bridgehead atoms. The number of aryl methyl sites for hydroxylation is 2. The largest absolute Gasteiger partial charge is 0.0625 e. The normalized spacial score (nSPS) is 30.4. The summed E-state index contributed by atoms with van der Waals surface area (Å²) in [6.07, 6.45) is 4.19. The number of rotatable bonds is 1. The van der Waals surface area contributed by atoms with Crippen LogP contribution >= 0.6 is 0 Å². The Morgan fingerprint density at radius 2 is 1.81 bits per heavy atom. The lowest BCUT2D eigenvalue weighted by atomic mass is 9.72. The van der Waals surface area contributed by atoms with E-state index in [1.54, 1.807) is 5.56 Å². The first-order valence-corrected chi connectivity index (χ1v) is 6.65. The minimum Gasteiger partial charge on any atom is -0.0625 e. The fourth-order valence-electron chi connectivity index (χ4n) is 3.37. The van der Waals surface area contributed by atoms with Gasteiger partial charge < -0.3 is 0 Å². The smallest absolute Gasteiger partial charge is 0.0133 e. The molecule has 1 aliphatic rings. The van der Waals surface area contributed by atoms with Crippen molar-refractivity contribution in [3.8, 4) is 0 Å². The zero-order valence-corrected chi connectivity index (χ0v) is 11.1. The maximum absolute atomic E-state index is 2.43. The van der Waals surface area contributed by atoms with Crippen LogP contribution in [0.15, 0.2) is 18.2 Å². The van der Waals surface area contributed by atoms with Crippen molar-refractivity contribution in [2.24, 2.45) is 11.8 Å². The van der Waals surface area contributed by atoms with Gasteiger partial charge in [0.25, 0.3) is 0 Å². The molecule has 0 saturated heterocycles. The molecule has 2 rings (SSSR count). The van der Waals surface area contributed by atoms with Gasteiger partial charge in [-0.1, -0.05) is 44.0 Å². The van der Waals surface area contributed by atoms with E-state index in [4.69, 9.17) is 0 Å². The Morgan fingerprint density at radius 1 is 1.06 bits per heavy atom. The molecular weight excluding hydrogens is 192 g/mol. The SMILES string of the molecule is Cc1ccc(C2CCC(C)CC2C)c(C)c1. The van der Waals surface area contributed by atoms with Crippen LogP contribution in [0.2, 0.25) is 0 Å². The van der Waals surface area contributed by atoms with E-state index in [0.717, 1.165) is 17.8 Å². The van der Waals surface area contributed by atoms with Crippen molar-refractivity contribution in [2.45, 2.75) is 52.9 Å². The molecule has 0 aromatic heterocycles. The topological polar surface area (TPSA) is 0 Å². The third kappa shape index (κ3) is 2.31. The highest BCUT2D eigenvalue weighted by Crippen LogP contribution is 2.41. The first-order chi connectivity index (χ1) is 7.58. The summed E-state index contributed by atoms with van der Waals surface area (Å²) < 4.78 is 0. The predicted molar refractivity (Wildman–Crippen MR) is 70.8 cm³/mol. The van der Waals surface area contributed by atoms with Gasteiger partial charge in [-0.3, -0.25) is 0 Å². The summed E-state index contributed by atoms with van der Waals surface area (Å²) in [6.45, 7) is 9.28. The lowest BCUT2D eigenvalue weighted by molar-refractivity contribution is 0.261. The van der Waals surface area contributed by atoms with Crippen molar-refractivity contribution in [3.05, 3.63) is 34.9 Å². The summed E-state index contributed by atoms with van der Waals surface area (Å²) in [5.41, 5.74) is 4.48. The average Bonchev–Trinajstić information content (AvgIpc) is 2.19. The van der Waals surface area contributed by atoms with Crippen LogP contribution < -0.4 is 0 Å². The van der Waals surface area contributed by atoms with E-state index in [9.17, 15) is 0 Å². The minimum absolute atomic E-state index is 0.803. The second kappa shape index (κ2) is 4.61. The monoisotopic (exact) mass is 216 g/mol. The van der Waals surface area contributed by atoms with Crippen molar-refractivity contribution in [2.75, 3.05) is 0 Å². The van der Waals surface area contributed by atoms with Crippen molar-refractivity contribution in [1.29, 1.82) is 0 Å². The zero-order valence-electron chi connectivity index (χ0n) is 11.1. The summed E-state index contributed by atoms with van der Waals surface area (Å²) >= 11 is 0. The van der Waals surface area contributed by atoms with Crippen molar-refractivity contribution < 1.29 is 0 Å². The van der Waals surface area contributed by atoms with Crippen LogP contribution in [0.4, 0.5) is 0 Å². The van der Waals surface area contributed by atoms with Gasteiger partial charge in [-0.15, -0.1) is 0 Å². The summed E-state index contributed by atoms with van der Waals surface area (Å²) in [7, 11) is 0. The summed E-state index contributed by atoms with van der Waals surface area (Å²) in [5, 5.41) is 0.